The Morgan fingerprint density at radius 3 is 3.17 bits per heavy atom. The maximum Gasteiger partial charge on any atom is 0.306 e. The van der Waals surface area contributed by atoms with Crippen LogP contribution in [0, 0.1) is 0 Å². The van der Waals surface area contributed by atoms with Crippen molar-refractivity contribution in [3.8, 4) is 0 Å². The van der Waals surface area contributed by atoms with E-state index < -0.39 is 0 Å². The number of ether oxygens (including phenoxy) is 1. The fourth-order valence-electron chi connectivity index (χ4n) is 2.46. The highest BCUT2D eigenvalue weighted by Crippen LogP contribution is 2.31. The van der Waals surface area contributed by atoms with E-state index in [1.165, 1.54) is 5.56 Å². The lowest BCUT2D eigenvalue weighted by atomic mass is 10.1. The molecule has 0 bridgehead atoms. The summed E-state index contributed by atoms with van der Waals surface area (Å²) in [7, 11) is 0. The van der Waals surface area contributed by atoms with E-state index in [-0.39, 0.29) is 12.1 Å². The van der Waals surface area contributed by atoms with Crippen molar-refractivity contribution in [3.63, 3.8) is 0 Å². The normalized spacial score (nSPS) is 21.1. The zero-order chi connectivity index (χ0) is 12.5. The molecule has 1 atom stereocenters. The van der Waals surface area contributed by atoms with Crippen LogP contribution < -0.4 is 0 Å². The number of carbonyl (C=O) groups excluding carboxylic acids is 1. The zero-order valence-electron chi connectivity index (χ0n) is 10.4. The van der Waals surface area contributed by atoms with Gasteiger partial charge in [-0.15, -0.1) is 0 Å². The van der Waals surface area contributed by atoms with Crippen molar-refractivity contribution < 1.29 is 9.53 Å². The predicted octanol–water partition coefficient (Wildman–Crippen LogP) is 2.26. The summed E-state index contributed by atoms with van der Waals surface area (Å²) in [5, 5.41) is 0. The van der Waals surface area contributed by atoms with Crippen LogP contribution in [0.2, 0.25) is 0 Å². The van der Waals surface area contributed by atoms with Crippen molar-refractivity contribution in [2.24, 2.45) is 4.99 Å². The number of nitrogens with zero attached hydrogens (tertiary/aromatic N) is 2. The number of aliphatic imine (C=N–C) groups is 1. The molecule has 0 aliphatic carbocycles. The summed E-state index contributed by atoms with van der Waals surface area (Å²) < 4.78 is 5.43. The molecular formula is C14H16N2O2. The highest BCUT2D eigenvalue weighted by atomic mass is 16.5. The van der Waals surface area contributed by atoms with Crippen LogP contribution in [0.5, 0.6) is 0 Å². The van der Waals surface area contributed by atoms with Gasteiger partial charge >= 0.3 is 5.97 Å². The van der Waals surface area contributed by atoms with Crippen LogP contribution in [-0.2, 0) is 16.1 Å². The largest absolute Gasteiger partial charge is 0.454 e. The number of esters is 1. The minimum Gasteiger partial charge on any atom is -0.454 e. The van der Waals surface area contributed by atoms with Crippen molar-refractivity contribution in [2.45, 2.75) is 32.4 Å². The molecule has 0 spiro atoms. The number of hydrogen-bond donors (Lipinski definition) is 0. The maximum absolute atomic E-state index is 11.4. The van der Waals surface area contributed by atoms with Gasteiger partial charge in [-0.05, 0) is 11.6 Å². The molecular weight excluding hydrogens is 228 g/mol. The highest BCUT2D eigenvalue weighted by molar-refractivity contribution is 5.93. The number of fused-ring (bicyclic) bond motifs is 2. The van der Waals surface area contributed by atoms with Crippen LogP contribution in [0.25, 0.3) is 0 Å². The van der Waals surface area contributed by atoms with E-state index in [0.29, 0.717) is 6.42 Å². The summed E-state index contributed by atoms with van der Waals surface area (Å²) in [5.41, 5.74) is 2.24. The zero-order valence-corrected chi connectivity index (χ0v) is 10.4. The van der Waals surface area contributed by atoms with E-state index in [4.69, 9.17) is 4.74 Å². The molecule has 4 nitrogen and oxygen atoms in total. The van der Waals surface area contributed by atoms with Crippen molar-refractivity contribution in [2.75, 3.05) is 6.54 Å². The lowest BCUT2D eigenvalue weighted by Gasteiger charge is -2.26. The third kappa shape index (κ3) is 1.88. The van der Waals surface area contributed by atoms with Gasteiger partial charge in [0.25, 0.3) is 0 Å². The molecule has 3 rings (SSSR count). The van der Waals surface area contributed by atoms with E-state index in [1.807, 2.05) is 25.1 Å². The standard InChI is InChI=1S/C14H16N2O2/c1-2-13(17)18-12-7-8-16-9-10-5-3-4-6-11(10)15-14(12)16/h3-6,12H,2,7-9H2,1H3/t12-/m1/s1. The first-order valence-electron chi connectivity index (χ1n) is 6.39. The molecule has 0 aromatic heterocycles. The molecule has 0 saturated carbocycles. The van der Waals surface area contributed by atoms with Crippen LogP contribution in [0.3, 0.4) is 0 Å². The quantitative estimate of drug-likeness (QED) is 0.749. The predicted molar refractivity (Wildman–Crippen MR) is 68.7 cm³/mol. The fourth-order valence-corrected chi connectivity index (χ4v) is 2.46. The molecule has 0 N–H and O–H groups in total. The van der Waals surface area contributed by atoms with Gasteiger partial charge in [-0.1, -0.05) is 25.1 Å². The Balaban J connectivity index is 1.87. The second-order valence-electron chi connectivity index (χ2n) is 4.64. The molecule has 18 heavy (non-hydrogen) atoms. The van der Waals surface area contributed by atoms with E-state index in [9.17, 15) is 4.79 Å². The molecule has 4 heteroatoms. The summed E-state index contributed by atoms with van der Waals surface area (Å²) in [6, 6.07) is 8.13. The van der Waals surface area contributed by atoms with Crippen molar-refractivity contribution in [3.05, 3.63) is 29.8 Å². The summed E-state index contributed by atoms with van der Waals surface area (Å²) in [4.78, 5) is 18.2. The number of carbonyl (C=O) groups is 1. The minimum absolute atomic E-state index is 0.150. The Morgan fingerprint density at radius 2 is 2.33 bits per heavy atom. The lowest BCUT2D eigenvalue weighted by molar-refractivity contribution is -0.145. The summed E-state index contributed by atoms with van der Waals surface area (Å²) in [5.74, 6) is 0.763. The second-order valence-corrected chi connectivity index (χ2v) is 4.64. The van der Waals surface area contributed by atoms with E-state index in [0.717, 1.165) is 31.0 Å². The Bertz CT molecular complexity index is 510. The molecule has 2 aliphatic rings. The molecule has 1 aromatic carbocycles. The molecule has 2 aliphatic heterocycles. The molecule has 0 radical (unpaired) electrons. The summed E-state index contributed by atoms with van der Waals surface area (Å²) >= 11 is 0. The lowest BCUT2D eigenvalue weighted by Crippen LogP contribution is -2.33. The molecule has 1 aromatic rings. The number of rotatable bonds is 2. The van der Waals surface area contributed by atoms with Crippen LogP contribution >= 0.6 is 0 Å². The van der Waals surface area contributed by atoms with Gasteiger partial charge in [0.1, 0.15) is 5.84 Å². The van der Waals surface area contributed by atoms with Crippen LogP contribution in [0.1, 0.15) is 25.3 Å². The van der Waals surface area contributed by atoms with E-state index in [2.05, 4.69) is 16.0 Å². The Hall–Kier alpha value is -1.84. The smallest absolute Gasteiger partial charge is 0.306 e. The fraction of sp³-hybridized carbons (Fsp3) is 0.429. The first kappa shape index (κ1) is 11.3. The molecule has 1 fully saturated rings. The molecule has 0 amide bonds. The maximum atomic E-state index is 11.4. The van der Waals surface area contributed by atoms with Gasteiger partial charge in [-0.25, -0.2) is 4.99 Å². The van der Waals surface area contributed by atoms with Gasteiger partial charge in [0.15, 0.2) is 6.10 Å². The Labute approximate surface area is 106 Å². The van der Waals surface area contributed by atoms with Crippen LogP contribution in [0.15, 0.2) is 29.3 Å². The third-order valence-corrected chi connectivity index (χ3v) is 3.42. The summed E-state index contributed by atoms with van der Waals surface area (Å²) in [6.45, 7) is 3.59. The average Bonchev–Trinajstić information content (AvgIpc) is 2.78. The first-order chi connectivity index (χ1) is 8.78. The highest BCUT2D eigenvalue weighted by Gasteiger charge is 2.34. The minimum atomic E-state index is -0.161. The van der Waals surface area contributed by atoms with Gasteiger partial charge in [0.05, 0.1) is 5.69 Å². The van der Waals surface area contributed by atoms with Crippen LogP contribution in [-0.4, -0.2) is 29.4 Å². The van der Waals surface area contributed by atoms with Gasteiger partial charge in [-0.2, -0.15) is 0 Å². The SMILES string of the molecule is CCC(=O)O[C@@H]1CCN2Cc3ccccc3N=C12. The van der Waals surface area contributed by atoms with E-state index >= 15 is 0 Å². The molecule has 2 heterocycles. The van der Waals surface area contributed by atoms with Gasteiger partial charge in [-0.3, -0.25) is 4.79 Å². The Morgan fingerprint density at radius 1 is 1.50 bits per heavy atom. The van der Waals surface area contributed by atoms with Crippen molar-refractivity contribution >= 4 is 17.5 Å². The number of amidine groups is 1. The number of hydrogen-bond acceptors (Lipinski definition) is 4. The number of benzene rings is 1. The molecule has 94 valence electrons. The average molecular weight is 244 g/mol. The van der Waals surface area contributed by atoms with Gasteiger partial charge in [0.2, 0.25) is 0 Å². The first-order valence-corrected chi connectivity index (χ1v) is 6.39. The van der Waals surface area contributed by atoms with Crippen molar-refractivity contribution in [1.82, 2.24) is 4.90 Å². The number of para-hydroxylation sites is 1. The Kier molecular flexibility index (Phi) is 2.78. The summed E-state index contributed by atoms with van der Waals surface area (Å²) in [6.07, 6.45) is 1.10. The van der Waals surface area contributed by atoms with E-state index in [1.54, 1.807) is 0 Å². The topological polar surface area (TPSA) is 41.9 Å². The van der Waals surface area contributed by atoms with Crippen LogP contribution in [0.4, 0.5) is 5.69 Å². The van der Waals surface area contributed by atoms with Gasteiger partial charge in [0, 0.05) is 25.9 Å². The molecule has 1 saturated heterocycles. The molecule has 0 unspecified atom stereocenters. The van der Waals surface area contributed by atoms with Gasteiger partial charge < -0.3 is 9.64 Å². The van der Waals surface area contributed by atoms with Crippen molar-refractivity contribution in [1.29, 1.82) is 0 Å². The third-order valence-electron chi connectivity index (χ3n) is 3.42. The second kappa shape index (κ2) is 4.44. The monoisotopic (exact) mass is 244 g/mol.